The Labute approximate surface area is 151 Å². The molecule has 4 nitrogen and oxygen atoms in total. The second-order valence-corrected chi connectivity index (χ2v) is 5.80. The summed E-state index contributed by atoms with van der Waals surface area (Å²) in [5.74, 6) is 0.954. The van der Waals surface area contributed by atoms with Crippen LogP contribution in [0.15, 0.2) is 73.1 Å². The van der Waals surface area contributed by atoms with Crippen LogP contribution in [-0.4, -0.2) is 11.0 Å². The number of nitrogens with zero attached hydrogens (tertiary/aromatic N) is 1. The number of carbonyl (C=O) groups is 1. The molecule has 0 saturated carbocycles. The Morgan fingerprint density at radius 1 is 1.00 bits per heavy atom. The Morgan fingerprint density at radius 2 is 1.80 bits per heavy atom. The topological polar surface area (TPSA) is 48.4 Å². The van der Waals surface area contributed by atoms with Crippen molar-refractivity contribution in [3.05, 3.63) is 89.2 Å². The van der Waals surface area contributed by atoms with Gasteiger partial charge < -0.3 is 9.47 Å². The number of para-hydroxylation sites is 1. The molecule has 0 saturated heterocycles. The van der Waals surface area contributed by atoms with Crippen molar-refractivity contribution in [3.63, 3.8) is 0 Å². The van der Waals surface area contributed by atoms with E-state index in [9.17, 15) is 4.79 Å². The van der Waals surface area contributed by atoms with Gasteiger partial charge in [0.05, 0.1) is 12.6 Å². The lowest BCUT2D eigenvalue weighted by atomic mass is 10.1. The van der Waals surface area contributed by atoms with Gasteiger partial charge in [0.1, 0.15) is 18.1 Å². The lowest BCUT2D eigenvalue weighted by Gasteiger charge is -2.11. The highest BCUT2D eigenvalue weighted by Gasteiger charge is 2.09. The van der Waals surface area contributed by atoms with Gasteiger partial charge in [-0.3, -0.25) is 9.78 Å². The summed E-state index contributed by atoms with van der Waals surface area (Å²) >= 11 is 5.84. The molecular weight excluding hydrogens is 338 g/mol. The second kappa shape index (κ2) is 8.31. The van der Waals surface area contributed by atoms with Gasteiger partial charge >= 0.3 is 5.97 Å². The number of hydrogen-bond donors (Lipinski definition) is 0. The zero-order chi connectivity index (χ0) is 17.5. The largest absolute Gasteiger partial charge is 0.460 e. The molecule has 0 aliphatic heterocycles. The third kappa shape index (κ3) is 5.06. The SMILES string of the molecule is O=C(Cc1ccc(Cl)cc1)OCc1ccccc1Oc1cccnc1. The normalized spacial score (nSPS) is 10.3. The van der Waals surface area contributed by atoms with Gasteiger partial charge in [0.15, 0.2) is 0 Å². The molecule has 126 valence electrons. The lowest BCUT2D eigenvalue weighted by molar-refractivity contribution is -0.144. The minimum Gasteiger partial charge on any atom is -0.460 e. The van der Waals surface area contributed by atoms with E-state index < -0.39 is 0 Å². The Kier molecular flexibility index (Phi) is 5.65. The zero-order valence-electron chi connectivity index (χ0n) is 13.4. The van der Waals surface area contributed by atoms with Crippen molar-refractivity contribution in [3.8, 4) is 11.5 Å². The van der Waals surface area contributed by atoms with Crippen LogP contribution in [0.4, 0.5) is 0 Å². The van der Waals surface area contributed by atoms with Crippen LogP contribution in [0.5, 0.6) is 11.5 Å². The Morgan fingerprint density at radius 3 is 2.56 bits per heavy atom. The number of carbonyl (C=O) groups excluding carboxylic acids is 1. The molecule has 1 aromatic heterocycles. The van der Waals surface area contributed by atoms with Crippen molar-refractivity contribution in [1.82, 2.24) is 4.98 Å². The third-order valence-corrected chi connectivity index (χ3v) is 3.74. The van der Waals surface area contributed by atoms with Crippen molar-refractivity contribution in [2.45, 2.75) is 13.0 Å². The lowest BCUT2D eigenvalue weighted by Crippen LogP contribution is -2.08. The second-order valence-electron chi connectivity index (χ2n) is 5.36. The van der Waals surface area contributed by atoms with Crippen LogP contribution < -0.4 is 4.74 Å². The third-order valence-electron chi connectivity index (χ3n) is 3.49. The molecule has 25 heavy (non-hydrogen) atoms. The number of esters is 1. The van der Waals surface area contributed by atoms with Gasteiger partial charge in [0.25, 0.3) is 0 Å². The monoisotopic (exact) mass is 353 g/mol. The van der Waals surface area contributed by atoms with Crippen LogP contribution >= 0.6 is 11.6 Å². The first-order valence-electron chi connectivity index (χ1n) is 7.76. The van der Waals surface area contributed by atoms with Gasteiger partial charge in [-0.2, -0.15) is 0 Å². The Balaban J connectivity index is 1.61. The molecule has 0 atom stereocenters. The number of ether oxygens (including phenoxy) is 2. The molecule has 0 aliphatic carbocycles. The number of benzene rings is 2. The highest BCUT2D eigenvalue weighted by Crippen LogP contribution is 2.25. The number of rotatable bonds is 6. The number of hydrogen-bond acceptors (Lipinski definition) is 4. The molecule has 0 aliphatic rings. The van der Waals surface area contributed by atoms with Crippen molar-refractivity contribution in [2.24, 2.45) is 0 Å². The van der Waals surface area contributed by atoms with Crippen LogP contribution in [0.25, 0.3) is 0 Å². The number of pyridine rings is 1. The predicted octanol–water partition coefficient (Wildman–Crippen LogP) is 4.81. The fourth-order valence-electron chi connectivity index (χ4n) is 2.24. The van der Waals surface area contributed by atoms with Gasteiger partial charge in [0, 0.05) is 16.8 Å². The van der Waals surface area contributed by atoms with E-state index in [1.807, 2.05) is 42.5 Å². The highest BCUT2D eigenvalue weighted by molar-refractivity contribution is 6.30. The summed E-state index contributed by atoms with van der Waals surface area (Å²) in [4.78, 5) is 16.1. The quantitative estimate of drug-likeness (QED) is 0.596. The Hall–Kier alpha value is -2.85. The van der Waals surface area contributed by atoms with Crippen molar-refractivity contribution >= 4 is 17.6 Å². The van der Waals surface area contributed by atoms with E-state index in [4.69, 9.17) is 21.1 Å². The van der Waals surface area contributed by atoms with Gasteiger partial charge in [-0.25, -0.2) is 0 Å². The highest BCUT2D eigenvalue weighted by atomic mass is 35.5. The first kappa shape index (κ1) is 17.0. The minimum absolute atomic E-state index is 0.142. The van der Waals surface area contributed by atoms with Crippen molar-refractivity contribution < 1.29 is 14.3 Å². The van der Waals surface area contributed by atoms with Crippen LogP contribution in [0, 0.1) is 0 Å². The van der Waals surface area contributed by atoms with Crippen LogP contribution in [0.2, 0.25) is 5.02 Å². The summed E-state index contributed by atoms with van der Waals surface area (Å²) in [6.45, 7) is 0.142. The molecule has 0 amide bonds. The fourth-order valence-corrected chi connectivity index (χ4v) is 2.36. The van der Waals surface area contributed by atoms with E-state index in [0.717, 1.165) is 11.1 Å². The summed E-state index contributed by atoms with van der Waals surface area (Å²) in [6, 6.07) is 18.2. The van der Waals surface area contributed by atoms with E-state index in [1.54, 1.807) is 30.6 Å². The minimum atomic E-state index is -0.307. The maximum atomic E-state index is 12.0. The van der Waals surface area contributed by atoms with Gasteiger partial charge in [-0.1, -0.05) is 41.9 Å². The van der Waals surface area contributed by atoms with Crippen LogP contribution in [0.1, 0.15) is 11.1 Å². The Bertz CT molecular complexity index is 835. The summed E-state index contributed by atoms with van der Waals surface area (Å²) in [6.07, 6.45) is 3.50. The maximum absolute atomic E-state index is 12.0. The van der Waals surface area contributed by atoms with E-state index in [2.05, 4.69) is 4.98 Å². The van der Waals surface area contributed by atoms with Crippen LogP contribution in [0.3, 0.4) is 0 Å². The first-order valence-corrected chi connectivity index (χ1v) is 8.14. The maximum Gasteiger partial charge on any atom is 0.310 e. The molecule has 0 spiro atoms. The molecule has 0 fully saturated rings. The standard InChI is InChI=1S/C20H16ClNO3/c21-17-9-7-15(8-10-17)12-20(23)24-14-16-4-1-2-6-19(16)25-18-5-3-11-22-13-18/h1-11,13H,12,14H2. The molecular formula is C20H16ClNO3. The first-order chi connectivity index (χ1) is 12.2. The summed E-state index contributed by atoms with van der Waals surface area (Å²) in [5.41, 5.74) is 1.64. The molecule has 2 aromatic carbocycles. The van der Waals surface area contributed by atoms with Crippen molar-refractivity contribution in [1.29, 1.82) is 0 Å². The molecule has 1 heterocycles. The fraction of sp³-hybridized carbons (Fsp3) is 0.100. The molecule has 0 radical (unpaired) electrons. The number of aromatic nitrogens is 1. The summed E-state index contributed by atoms with van der Waals surface area (Å²) < 4.78 is 11.2. The van der Waals surface area contributed by atoms with E-state index in [-0.39, 0.29) is 19.0 Å². The molecule has 0 unspecified atom stereocenters. The van der Waals surface area contributed by atoms with Crippen LogP contribution in [-0.2, 0) is 22.6 Å². The van der Waals surface area contributed by atoms with E-state index >= 15 is 0 Å². The molecule has 5 heteroatoms. The predicted molar refractivity (Wildman–Crippen MR) is 95.7 cm³/mol. The van der Waals surface area contributed by atoms with Gasteiger partial charge in [-0.15, -0.1) is 0 Å². The van der Waals surface area contributed by atoms with Gasteiger partial charge in [0.2, 0.25) is 0 Å². The van der Waals surface area contributed by atoms with E-state index in [1.165, 1.54) is 0 Å². The smallest absolute Gasteiger partial charge is 0.310 e. The molecule has 3 rings (SSSR count). The van der Waals surface area contributed by atoms with Crippen molar-refractivity contribution in [2.75, 3.05) is 0 Å². The summed E-state index contributed by atoms with van der Waals surface area (Å²) in [5, 5.41) is 0.638. The van der Waals surface area contributed by atoms with Gasteiger partial charge in [-0.05, 0) is 35.9 Å². The zero-order valence-corrected chi connectivity index (χ0v) is 14.1. The molecule has 3 aromatic rings. The molecule has 0 N–H and O–H groups in total. The van der Waals surface area contributed by atoms with E-state index in [0.29, 0.717) is 16.5 Å². The number of halogens is 1. The average Bonchev–Trinajstić information content (AvgIpc) is 2.64. The summed E-state index contributed by atoms with van der Waals surface area (Å²) in [7, 11) is 0. The molecule has 0 bridgehead atoms. The average molecular weight is 354 g/mol.